The standard InChI is InChI=1S/C22H26FN7O2/c1-13-20-18(29(3)21(14(2)32-4)22(31)28-20)6-19(27-13)25-8-16-9-26-30(12-16)11-15-5-17(23)10-24-7-15/h5-7,9-10,12,14,21H,8,11H2,1-4H3,(H,25,27)(H,28,31)/t14-,21+/m1/s1. The second-order valence-corrected chi connectivity index (χ2v) is 7.88. The Morgan fingerprint density at radius 3 is 2.84 bits per heavy atom. The molecule has 1 aliphatic rings. The number of aromatic nitrogens is 4. The minimum atomic E-state index is -0.433. The summed E-state index contributed by atoms with van der Waals surface area (Å²) in [5.41, 5.74) is 4.01. The van der Waals surface area contributed by atoms with Crippen LogP contribution in [0.15, 0.2) is 36.9 Å². The molecule has 0 bridgehead atoms. The van der Waals surface area contributed by atoms with E-state index in [1.807, 2.05) is 38.1 Å². The van der Waals surface area contributed by atoms with Crippen LogP contribution in [0.1, 0.15) is 23.7 Å². The fourth-order valence-corrected chi connectivity index (χ4v) is 3.87. The van der Waals surface area contributed by atoms with E-state index in [1.54, 1.807) is 24.2 Å². The minimum Gasteiger partial charge on any atom is -0.379 e. The molecule has 2 N–H and O–H groups in total. The molecule has 9 nitrogen and oxygen atoms in total. The molecule has 0 radical (unpaired) electrons. The number of nitrogens with one attached hydrogen (secondary N) is 2. The van der Waals surface area contributed by atoms with Crippen molar-refractivity contribution in [2.24, 2.45) is 0 Å². The third-order valence-electron chi connectivity index (χ3n) is 5.58. The number of halogens is 1. The first kappa shape index (κ1) is 21.7. The number of amides is 1. The monoisotopic (exact) mass is 439 g/mol. The van der Waals surface area contributed by atoms with Crippen LogP contribution >= 0.6 is 0 Å². The number of methoxy groups -OCH3 is 1. The SMILES string of the molecule is CO[C@H](C)[C@H]1C(=O)Nc2c(cc(NCc3cnn(Cc4cncc(F)c4)c3)nc2C)N1C. The molecule has 32 heavy (non-hydrogen) atoms. The Hall–Kier alpha value is -3.53. The van der Waals surface area contributed by atoms with Gasteiger partial charge < -0.3 is 20.3 Å². The highest BCUT2D eigenvalue weighted by molar-refractivity contribution is 6.04. The van der Waals surface area contributed by atoms with Gasteiger partial charge in [0.15, 0.2) is 0 Å². The van der Waals surface area contributed by atoms with Crippen LogP contribution < -0.4 is 15.5 Å². The molecule has 1 aliphatic heterocycles. The molecule has 168 valence electrons. The van der Waals surface area contributed by atoms with Gasteiger partial charge in [0.05, 0.1) is 42.1 Å². The second-order valence-electron chi connectivity index (χ2n) is 7.88. The Balaban J connectivity index is 1.47. The summed E-state index contributed by atoms with van der Waals surface area (Å²) >= 11 is 0. The lowest BCUT2D eigenvalue weighted by Crippen LogP contribution is -2.52. The summed E-state index contributed by atoms with van der Waals surface area (Å²) in [7, 11) is 3.48. The summed E-state index contributed by atoms with van der Waals surface area (Å²) in [5, 5.41) is 10.6. The highest BCUT2D eigenvalue weighted by Crippen LogP contribution is 2.36. The number of fused-ring (bicyclic) bond motifs is 1. The van der Waals surface area contributed by atoms with Crippen molar-refractivity contribution in [1.82, 2.24) is 19.7 Å². The van der Waals surface area contributed by atoms with Gasteiger partial charge in [0, 0.05) is 44.7 Å². The number of carbonyl (C=O) groups is 1. The molecule has 3 aromatic heterocycles. The molecule has 10 heteroatoms. The molecule has 4 rings (SSSR count). The number of hydrogen-bond donors (Lipinski definition) is 2. The zero-order valence-corrected chi connectivity index (χ0v) is 18.5. The smallest absolute Gasteiger partial charge is 0.249 e. The Bertz CT molecular complexity index is 1130. The van der Waals surface area contributed by atoms with E-state index in [0.717, 1.165) is 22.5 Å². The summed E-state index contributed by atoms with van der Waals surface area (Å²) in [4.78, 5) is 22.9. The van der Waals surface area contributed by atoms with Gasteiger partial charge in [-0.3, -0.25) is 14.5 Å². The molecule has 1 amide bonds. The van der Waals surface area contributed by atoms with E-state index < -0.39 is 6.04 Å². The van der Waals surface area contributed by atoms with Crippen LogP contribution in [0.3, 0.4) is 0 Å². The molecular weight excluding hydrogens is 413 g/mol. The van der Waals surface area contributed by atoms with Crippen molar-refractivity contribution in [3.63, 3.8) is 0 Å². The molecule has 0 aliphatic carbocycles. The van der Waals surface area contributed by atoms with Gasteiger partial charge in [-0.15, -0.1) is 0 Å². The fourth-order valence-electron chi connectivity index (χ4n) is 3.87. The lowest BCUT2D eigenvalue weighted by atomic mass is 10.0. The van der Waals surface area contributed by atoms with Crippen LogP contribution in [0.2, 0.25) is 0 Å². The maximum atomic E-state index is 13.3. The molecule has 0 saturated heterocycles. The van der Waals surface area contributed by atoms with Crippen LogP contribution in [0, 0.1) is 12.7 Å². The Morgan fingerprint density at radius 2 is 2.09 bits per heavy atom. The molecular formula is C22H26FN7O2. The lowest BCUT2D eigenvalue weighted by molar-refractivity contribution is -0.120. The van der Waals surface area contributed by atoms with Gasteiger partial charge in [-0.05, 0) is 25.5 Å². The highest BCUT2D eigenvalue weighted by Gasteiger charge is 2.36. The third-order valence-corrected chi connectivity index (χ3v) is 5.58. The van der Waals surface area contributed by atoms with Gasteiger partial charge in [-0.25, -0.2) is 9.37 Å². The number of pyridine rings is 2. The quantitative estimate of drug-likeness (QED) is 0.584. The highest BCUT2D eigenvalue weighted by atomic mass is 19.1. The van der Waals surface area contributed by atoms with Crippen LogP contribution in [0.5, 0.6) is 0 Å². The van der Waals surface area contributed by atoms with Gasteiger partial charge >= 0.3 is 0 Å². The van der Waals surface area contributed by atoms with Crippen molar-refractivity contribution in [1.29, 1.82) is 0 Å². The second kappa shape index (κ2) is 8.91. The van der Waals surface area contributed by atoms with E-state index >= 15 is 0 Å². The largest absolute Gasteiger partial charge is 0.379 e. The van der Waals surface area contributed by atoms with Crippen LogP contribution in [-0.2, 0) is 22.6 Å². The number of hydrogen-bond acceptors (Lipinski definition) is 7. The van der Waals surface area contributed by atoms with Gasteiger partial charge in [-0.2, -0.15) is 5.10 Å². The summed E-state index contributed by atoms with van der Waals surface area (Å²) in [5.74, 6) is 0.213. The first-order chi connectivity index (χ1) is 15.4. The number of nitrogens with zero attached hydrogens (tertiary/aromatic N) is 5. The van der Waals surface area contributed by atoms with Crippen LogP contribution in [0.25, 0.3) is 0 Å². The number of ether oxygens (including phenoxy) is 1. The van der Waals surface area contributed by atoms with Gasteiger partial charge in [0.1, 0.15) is 17.7 Å². The Labute approximate surface area is 185 Å². The number of likely N-dealkylation sites (N-methyl/N-ethyl adjacent to an activating group) is 1. The maximum absolute atomic E-state index is 13.3. The molecule has 0 saturated carbocycles. The number of anilines is 3. The number of aryl methyl sites for hydroxylation is 1. The predicted molar refractivity (Wildman–Crippen MR) is 119 cm³/mol. The number of carbonyl (C=O) groups excluding carboxylic acids is 1. The van der Waals surface area contributed by atoms with Crippen molar-refractivity contribution >= 4 is 23.1 Å². The third kappa shape index (κ3) is 4.40. The van der Waals surface area contributed by atoms with E-state index in [9.17, 15) is 9.18 Å². The average Bonchev–Trinajstić information content (AvgIpc) is 3.20. The molecule has 2 atom stereocenters. The van der Waals surface area contributed by atoms with E-state index in [4.69, 9.17) is 4.74 Å². The minimum absolute atomic E-state index is 0.110. The maximum Gasteiger partial charge on any atom is 0.249 e. The fraction of sp³-hybridized carbons (Fsp3) is 0.364. The first-order valence-corrected chi connectivity index (χ1v) is 10.3. The van der Waals surface area contributed by atoms with E-state index in [0.29, 0.717) is 24.6 Å². The average molecular weight is 439 g/mol. The zero-order chi connectivity index (χ0) is 22.8. The molecule has 0 aromatic carbocycles. The number of rotatable bonds is 7. The van der Waals surface area contributed by atoms with Crippen LogP contribution in [0.4, 0.5) is 21.6 Å². The molecule has 3 aromatic rings. The Morgan fingerprint density at radius 1 is 1.28 bits per heavy atom. The molecule has 0 unspecified atom stereocenters. The predicted octanol–water partition coefficient (Wildman–Crippen LogP) is 2.57. The summed E-state index contributed by atoms with van der Waals surface area (Å²) in [6, 6.07) is 2.93. The van der Waals surface area contributed by atoms with Crippen molar-refractivity contribution < 1.29 is 13.9 Å². The normalized spacial score (nSPS) is 16.5. The Kier molecular flexibility index (Phi) is 6.04. The van der Waals surface area contributed by atoms with E-state index in [1.165, 1.54) is 12.3 Å². The summed E-state index contributed by atoms with van der Waals surface area (Å²) in [6.07, 6.45) is 6.18. The van der Waals surface area contributed by atoms with Crippen LogP contribution in [-0.4, -0.2) is 52.0 Å². The summed E-state index contributed by atoms with van der Waals surface area (Å²) < 4.78 is 20.5. The zero-order valence-electron chi connectivity index (χ0n) is 18.5. The lowest BCUT2D eigenvalue weighted by Gasteiger charge is -2.38. The first-order valence-electron chi connectivity index (χ1n) is 10.3. The van der Waals surface area contributed by atoms with Crippen molar-refractivity contribution in [3.05, 3.63) is 59.6 Å². The van der Waals surface area contributed by atoms with E-state index in [-0.39, 0.29) is 17.8 Å². The van der Waals surface area contributed by atoms with Gasteiger partial charge in [0.2, 0.25) is 5.91 Å². The van der Waals surface area contributed by atoms with Crippen molar-refractivity contribution in [2.75, 3.05) is 29.7 Å². The molecule has 0 spiro atoms. The topological polar surface area (TPSA) is 97.2 Å². The van der Waals surface area contributed by atoms with Crippen molar-refractivity contribution in [2.45, 2.75) is 39.1 Å². The summed E-state index contributed by atoms with van der Waals surface area (Å²) in [6.45, 7) is 4.69. The van der Waals surface area contributed by atoms with E-state index in [2.05, 4.69) is 25.7 Å². The van der Waals surface area contributed by atoms with Crippen molar-refractivity contribution in [3.8, 4) is 0 Å². The molecule has 0 fully saturated rings. The molecule has 4 heterocycles. The van der Waals surface area contributed by atoms with Gasteiger partial charge in [-0.1, -0.05) is 0 Å². The van der Waals surface area contributed by atoms with Gasteiger partial charge in [0.25, 0.3) is 0 Å².